The van der Waals surface area contributed by atoms with Crippen LogP contribution in [-0.2, 0) is 6.42 Å². The molecule has 0 aliphatic heterocycles. The van der Waals surface area contributed by atoms with Gasteiger partial charge in [0.25, 0.3) is 0 Å². The van der Waals surface area contributed by atoms with Gasteiger partial charge in [0.15, 0.2) is 0 Å². The van der Waals surface area contributed by atoms with Crippen LogP contribution in [0.15, 0.2) is 40.9 Å². The summed E-state index contributed by atoms with van der Waals surface area (Å²) in [5.41, 5.74) is 8.59. The van der Waals surface area contributed by atoms with Crippen LogP contribution in [0.5, 0.6) is 5.75 Å². The van der Waals surface area contributed by atoms with Gasteiger partial charge in [-0.2, -0.15) is 0 Å². The van der Waals surface area contributed by atoms with E-state index in [1.54, 1.807) is 20.1 Å². The predicted octanol–water partition coefficient (Wildman–Crippen LogP) is 4.15. The molecule has 0 aromatic heterocycles. The Kier molecular flexibility index (Phi) is 4.78. The van der Waals surface area contributed by atoms with Crippen LogP contribution in [0.2, 0.25) is 0 Å². The molecule has 0 spiro atoms. The van der Waals surface area contributed by atoms with Crippen LogP contribution in [0.3, 0.4) is 0 Å². The number of hydrogen-bond donors (Lipinski definition) is 1. The molecule has 0 aliphatic carbocycles. The Morgan fingerprint density at radius 2 is 2.00 bits per heavy atom. The maximum atomic E-state index is 13.6. The first-order chi connectivity index (χ1) is 9.51. The SMILES string of the molecule is COc1ccc(Br)cc1CC(N)c1ccc(C)c(F)c1. The minimum absolute atomic E-state index is 0.223. The van der Waals surface area contributed by atoms with Gasteiger partial charge in [0, 0.05) is 10.5 Å². The Balaban J connectivity index is 2.24. The first kappa shape index (κ1) is 15.0. The lowest BCUT2D eigenvalue weighted by Crippen LogP contribution is -2.14. The summed E-state index contributed by atoms with van der Waals surface area (Å²) in [7, 11) is 1.63. The summed E-state index contributed by atoms with van der Waals surface area (Å²) in [6.07, 6.45) is 0.588. The van der Waals surface area contributed by atoms with E-state index in [0.717, 1.165) is 21.3 Å². The second-order valence-corrected chi connectivity index (χ2v) is 5.69. The number of rotatable bonds is 4. The standard InChI is InChI=1S/C16H17BrFNO/c1-10-3-4-11(8-14(10)18)15(19)9-12-7-13(17)5-6-16(12)20-2/h3-8,15H,9,19H2,1-2H3. The maximum Gasteiger partial charge on any atom is 0.126 e. The largest absolute Gasteiger partial charge is 0.496 e. The maximum absolute atomic E-state index is 13.6. The molecule has 0 amide bonds. The van der Waals surface area contributed by atoms with Crippen molar-refractivity contribution in [3.05, 3.63) is 63.4 Å². The lowest BCUT2D eigenvalue weighted by molar-refractivity contribution is 0.408. The molecular formula is C16H17BrFNO. The normalized spacial score (nSPS) is 12.2. The molecule has 0 aliphatic rings. The number of halogens is 2. The fourth-order valence-corrected chi connectivity index (χ4v) is 2.51. The van der Waals surface area contributed by atoms with E-state index in [9.17, 15) is 4.39 Å². The van der Waals surface area contributed by atoms with Gasteiger partial charge in [0.1, 0.15) is 11.6 Å². The van der Waals surface area contributed by atoms with Crippen molar-refractivity contribution in [3.63, 3.8) is 0 Å². The van der Waals surface area contributed by atoms with E-state index >= 15 is 0 Å². The highest BCUT2D eigenvalue weighted by molar-refractivity contribution is 9.10. The topological polar surface area (TPSA) is 35.2 Å². The lowest BCUT2D eigenvalue weighted by atomic mass is 9.98. The molecule has 0 radical (unpaired) electrons. The zero-order valence-corrected chi connectivity index (χ0v) is 13.1. The van der Waals surface area contributed by atoms with Crippen LogP contribution in [0.25, 0.3) is 0 Å². The van der Waals surface area contributed by atoms with Crippen LogP contribution >= 0.6 is 15.9 Å². The molecule has 1 unspecified atom stereocenters. The second-order valence-electron chi connectivity index (χ2n) is 4.78. The Hall–Kier alpha value is -1.39. The number of hydrogen-bond acceptors (Lipinski definition) is 2. The van der Waals surface area contributed by atoms with Crippen LogP contribution < -0.4 is 10.5 Å². The number of ether oxygens (including phenoxy) is 1. The van der Waals surface area contributed by atoms with Crippen molar-refractivity contribution in [3.8, 4) is 5.75 Å². The molecule has 4 heteroatoms. The quantitative estimate of drug-likeness (QED) is 0.909. The molecule has 0 bridgehead atoms. The minimum atomic E-state index is -0.270. The van der Waals surface area contributed by atoms with Gasteiger partial charge in [0.2, 0.25) is 0 Å². The predicted molar refractivity (Wildman–Crippen MR) is 82.5 cm³/mol. The van der Waals surface area contributed by atoms with E-state index < -0.39 is 0 Å². The molecule has 0 saturated carbocycles. The third-order valence-electron chi connectivity index (χ3n) is 3.31. The van der Waals surface area contributed by atoms with Crippen molar-refractivity contribution < 1.29 is 9.13 Å². The third kappa shape index (κ3) is 3.38. The van der Waals surface area contributed by atoms with Crippen LogP contribution in [0, 0.1) is 12.7 Å². The van der Waals surface area contributed by atoms with Crippen LogP contribution in [0.4, 0.5) is 4.39 Å². The minimum Gasteiger partial charge on any atom is -0.496 e. The molecule has 2 rings (SSSR count). The zero-order chi connectivity index (χ0) is 14.7. The summed E-state index contributed by atoms with van der Waals surface area (Å²) in [5, 5.41) is 0. The van der Waals surface area contributed by atoms with Crippen molar-refractivity contribution in [2.24, 2.45) is 5.73 Å². The van der Waals surface area contributed by atoms with E-state index in [1.165, 1.54) is 6.07 Å². The van der Waals surface area contributed by atoms with Crippen LogP contribution in [-0.4, -0.2) is 7.11 Å². The van der Waals surface area contributed by atoms with E-state index in [1.807, 2.05) is 24.3 Å². The fourth-order valence-electron chi connectivity index (χ4n) is 2.10. The number of benzene rings is 2. The number of methoxy groups -OCH3 is 1. The highest BCUT2D eigenvalue weighted by Crippen LogP contribution is 2.27. The average molecular weight is 338 g/mol. The van der Waals surface area contributed by atoms with Gasteiger partial charge in [-0.15, -0.1) is 0 Å². The summed E-state index contributed by atoms with van der Waals surface area (Å²) in [4.78, 5) is 0. The van der Waals surface area contributed by atoms with E-state index in [-0.39, 0.29) is 11.9 Å². The third-order valence-corrected chi connectivity index (χ3v) is 3.80. The molecule has 0 heterocycles. The monoisotopic (exact) mass is 337 g/mol. The first-order valence-electron chi connectivity index (χ1n) is 6.35. The second kappa shape index (κ2) is 6.37. The highest BCUT2D eigenvalue weighted by Gasteiger charge is 2.12. The van der Waals surface area contributed by atoms with E-state index in [4.69, 9.17) is 10.5 Å². The van der Waals surface area contributed by atoms with E-state index in [0.29, 0.717) is 12.0 Å². The summed E-state index contributed by atoms with van der Waals surface area (Å²) < 4.78 is 19.9. The highest BCUT2D eigenvalue weighted by atomic mass is 79.9. The average Bonchev–Trinajstić information content (AvgIpc) is 2.42. The van der Waals surface area contributed by atoms with Gasteiger partial charge in [-0.25, -0.2) is 4.39 Å². The van der Waals surface area contributed by atoms with Crippen molar-refractivity contribution in [1.82, 2.24) is 0 Å². The van der Waals surface area contributed by atoms with Crippen molar-refractivity contribution in [1.29, 1.82) is 0 Å². The zero-order valence-electron chi connectivity index (χ0n) is 11.5. The summed E-state index contributed by atoms with van der Waals surface area (Å²) in [5.74, 6) is 0.565. The van der Waals surface area contributed by atoms with Gasteiger partial charge in [-0.3, -0.25) is 0 Å². The Bertz CT molecular complexity index is 615. The Labute approximate surface area is 126 Å². The molecule has 0 saturated heterocycles. The lowest BCUT2D eigenvalue weighted by Gasteiger charge is -2.15. The van der Waals surface area contributed by atoms with Gasteiger partial charge in [-0.1, -0.05) is 28.1 Å². The molecule has 20 heavy (non-hydrogen) atoms. The fraction of sp³-hybridized carbons (Fsp3) is 0.250. The van der Waals surface area contributed by atoms with E-state index in [2.05, 4.69) is 15.9 Å². The molecule has 2 N–H and O–H groups in total. The van der Waals surface area contributed by atoms with Gasteiger partial charge in [-0.05, 0) is 54.3 Å². The smallest absolute Gasteiger partial charge is 0.126 e. The Morgan fingerprint density at radius 1 is 1.25 bits per heavy atom. The number of aryl methyl sites for hydroxylation is 1. The van der Waals surface area contributed by atoms with Crippen LogP contribution in [0.1, 0.15) is 22.7 Å². The summed E-state index contributed by atoms with van der Waals surface area (Å²) in [6, 6.07) is 10.6. The molecule has 2 nitrogen and oxygen atoms in total. The first-order valence-corrected chi connectivity index (χ1v) is 7.14. The number of nitrogens with two attached hydrogens (primary N) is 1. The van der Waals surface area contributed by atoms with Gasteiger partial charge >= 0.3 is 0 Å². The van der Waals surface area contributed by atoms with Gasteiger partial charge in [0.05, 0.1) is 7.11 Å². The van der Waals surface area contributed by atoms with Gasteiger partial charge < -0.3 is 10.5 Å². The Morgan fingerprint density at radius 3 is 2.65 bits per heavy atom. The molecule has 2 aromatic rings. The molecule has 1 atom stereocenters. The van der Waals surface area contributed by atoms with Crippen molar-refractivity contribution in [2.45, 2.75) is 19.4 Å². The molecular weight excluding hydrogens is 321 g/mol. The molecule has 106 valence electrons. The summed E-state index contributed by atoms with van der Waals surface area (Å²) >= 11 is 3.44. The van der Waals surface area contributed by atoms with Crippen molar-refractivity contribution in [2.75, 3.05) is 7.11 Å². The molecule has 0 fully saturated rings. The molecule has 2 aromatic carbocycles. The van der Waals surface area contributed by atoms with Crippen molar-refractivity contribution >= 4 is 15.9 Å². The summed E-state index contributed by atoms with van der Waals surface area (Å²) in [6.45, 7) is 1.74.